The second-order valence-electron chi connectivity index (χ2n) is 17.8. The van der Waals surface area contributed by atoms with E-state index in [1.807, 2.05) is 11.3 Å². The van der Waals surface area contributed by atoms with Crippen molar-refractivity contribution in [2.24, 2.45) is 0 Å². The van der Waals surface area contributed by atoms with Crippen LogP contribution in [0.3, 0.4) is 0 Å². The Bertz CT molecular complexity index is 2680. The van der Waals surface area contributed by atoms with Gasteiger partial charge in [0.25, 0.3) is 6.71 Å². The number of thiophene rings is 1. The molecule has 0 saturated heterocycles. The van der Waals surface area contributed by atoms with Gasteiger partial charge in [-0.15, -0.1) is 11.3 Å². The molecule has 5 heterocycles. The first-order valence-electron chi connectivity index (χ1n) is 19.4. The highest BCUT2D eigenvalue weighted by molar-refractivity contribution is 7.33. The molecule has 4 aliphatic rings. The maximum absolute atomic E-state index is 6.83. The average molecular weight is 697 g/mol. The lowest BCUT2D eigenvalue weighted by Gasteiger charge is -2.52. The Morgan fingerprint density at radius 3 is 2.35 bits per heavy atom. The summed E-state index contributed by atoms with van der Waals surface area (Å²) in [6.07, 6.45) is 5.01. The van der Waals surface area contributed by atoms with Gasteiger partial charge >= 0.3 is 0 Å². The second-order valence-corrected chi connectivity index (χ2v) is 18.9. The number of rotatable bonds is 2. The van der Waals surface area contributed by atoms with Gasteiger partial charge in [-0.05, 0) is 95.1 Å². The number of hydrogen-bond donors (Lipinski definition) is 0. The quantitative estimate of drug-likeness (QED) is 0.168. The van der Waals surface area contributed by atoms with E-state index in [1.165, 1.54) is 90.7 Å². The molecule has 1 aliphatic carbocycles. The highest BCUT2D eigenvalue weighted by Crippen LogP contribution is 2.62. The highest BCUT2D eigenvalue weighted by Gasteiger charge is 2.61. The van der Waals surface area contributed by atoms with Crippen LogP contribution in [0.2, 0.25) is 0 Å². The molecule has 52 heavy (non-hydrogen) atoms. The Balaban J connectivity index is 1.29. The summed E-state index contributed by atoms with van der Waals surface area (Å²) in [4.78, 5) is 5.43. The predicted octanol–water partition coefficient (Wildman–Crippen LogP) is 11.6. The van der Waals surface area contributed by atoms with E-state index in [0.29, 0.717) is 5.92 Å². The van der Waals surface area contributed by atoms with Crippen molar-refractivity contribution in [2.45, 2.75) is 96.4 Å². The van der Waals surface area contributed by atoms with E-state index in [0.717, 1.165) is 22.2 Å². The lowest BCUT2D eigenvalue weighted by molar-refractivity contribution is 0.195. The Morgan fingerprint density at radius 1 is 0.769 bits per heavy atom. The zero-order valence-electron chi connectivity index (χ0n) is 31.4. The summed E-state index contributed by atoms with van der Waals surface area (Å²) in [6.45, 7) is 17.1. The molecule has 2 unspecified atom stereocenters. The number of para-hydroxylation sites is 2. The standard InChI is InChI=1S/C47H45BN2OS/c1-27(2)28-24-33-42-34(25-28)48-40-35(16-13-17-36(40)50(42)47(7)23-11-10-22-46(33,47)6)49(37-18-12-15-31-30-14-8-9-19-38(30)51-43(31)37)41-32-26-29(45(3,4)5)20-21-39(32)52-44(41)48/h8-9,12-21,24-27H,10-11,22-23H2,1-7H3. The van der Waals surface area contributed by atoms with Gasteiger partial charge in [0.15, 0.2) is 5.58 Å². The van der Waals surface area contributed by atoms with Gasteiger partial charge in [-0.2, -0.15) is 0 Å². The van der Waals surface area contributed by atoms with Crippen molar-refractivity contribution >= 4 is 94.2 Å². The molecule has 1 saturated carbocycles. The van der Waals surface area contributed by atoms with E-state index in [9.17, 15) is 0 Å². The topological polar surface area (TPSA) is 19.6 Å². The summed E-state index contributed by atoms with van der Waals surface area (Å²) in [5.74, 6) is 0.452. The van der Waals surface area contributed by atoms with Gasteiger partial charge in [0, 0.05) is 48.1 Å². The van der Waals surface area contributed by atoms with Crippen LogP contribution in [0.15, 0.2) is 95.4 Å². The summed E-state index contributed by atoms with van der Waals surface area (Å²) < 4.78 is 9.63. The smallest absolute Gasteiger partial charge is 0.264 e. The van der Waals surface area contributed by atoms with Crippen LogP contribution in [-0.4, -0.2) is 12.3 Å². The van der Waals surface area contributed by atoms with E-state index in [2.05, 4.69) is 149 Å². The lowest BCUT2D eigenvalue weighted by atomic mass is 9.36. The van der Waals surface area contributed by atoms with Crippen molar-refractivity contribution in [3.8, 4) is 0 Å². The van der Waals surface area contributed by atoms with Gasteiger partial charge in [-0.3, -0.25) is 0 Å². The lowest BCUT2D eigenvalue weighted by Crippen LogP contribution is -2.64. The maximum Gasteiger partial charge on any atom is 0.264 e. The van der Waals surface area contributed by atoms with E-state index >= 15 is 0 Å². The summed E-state index contributed by atoms with van der Waals surface area (Å²) in [5.41, 5.74) is 16.0. The molecule has 0 spiro atoms. The van der Waals surface area contributed by atoms with Gasteiger partial charge in [0.05, 0.1) is 16.9 Å². The van der Waals surface area contributed by atoms with Crippen LogP contribution < -0.4 is 25.5 Å². The minimum absolute atomic E-state index is 0.00363. The van der Waals surface area contributed by atoms with Crippen molar-refractivity contribution in [1.82, 2.24) is 0 Å². The molecule has 5 aromatic carbocycles. The number of furan rings is 1. The molecular weight excluding hydrogens is 651 g/mol. The predicted molar refractivity (Wildman–Crippen MR) is 224 cm³/mol. The van der Waals surface area contributed by atoms with Crippen LogP contribution in [0, 0.1) is 0 Å². The van der Waals surface area contributed by atoms with Gasteiger partial charge in [-0.1, -0.05) is 109 Å². The SMILES string of the molecule is CC(C)c1cc2c3c(c1)C1(C)CCCCC1(C)N3c1cccc3c1B2c1sc2ccc(C(C)(C)C)cc2c1N3c1cccc2c1oc1ccccc12. The second kappa shape index (κ2) is 10.1. The van der Waals surface area contributed by atoms with Gasteiger partial charge in [0.1, 0.15) is 5.58 Å². The molecule has 3 nitrogen and oxygen atoms in total. The molecule has 3 aliphatic heterocycles. The molecule has 11 rings (SSSR count). The molecule has 0 N–H and O–H groups in total. The van der Waals surface area contributed by atoms with Crippen molar-refractivity contribution in [2.75, 3.05) is 9.80 Å². The number of hydrogen-bond acceptors (Lipinski definition) is 4. The molecule has 2 aromatic heterocycles. The van der Waals surface area contributed by atoms with Crippen molar-refractivity contribution < 1.29 is 4.42 Å². The third-order valence-corrected chi connectivity index (χ3v) is 14.9. The molecule has 0 bridgehead atoms. The van der Waals surface area contributed by atoms with Crippen LogP contribution >= 0.6 is 11.3 Å². The molecule has 0 amide bonds. The van der Waals surface area contributed by atoms with Gasteiger partial charge in [-0.25, -0.2) is 0 Å². The van der Waals surface area contributed by atoms with Crippen molar-refractivity contribution in [3.05, 3.63) is 108 Å². The third-order valence-electron chi connectivity index (χ3n) is 13.7. The molecule has 5 heteroatoms. The molecule has 2 atom stereocenters. The molecule has 0 radical (unpaired) electrons. The van der Waals surface area contributed by atoms with Crippen molar-refractivity contribution in [1.29, 1.82) is 0 Å². The van der Waals surface area contributed by atoms with E-state index in [1.54, 1.807) is 5.56 Å². The summed E-state index contributed by atoms with van der Waals surface area (Å²) >= 11 is 2.00. The van der Waals surface area contributed by atoms with Crippen LogP contribution in [0.25, 0.3) is 32.0 Å². The minimum atomic E-state index is 0.00363. The van der Waals surface area contributed by atoms with Gasteiger partial charge in [0.2, 0.25) is 0 Å². The fraction of sp³-hybridized carbons (Fsp3) is 0.319. The summed E-state index contributed by atoms with van der Waals surface area (Å²) in [5, 5.41) is 3.67. The number of benzene rings is 5. The summed E-state index contributed by atoms with van der Waals surface area (Å²) in [6, 6.07) is 34.9. The maximum atomic E-state index is 6.83. The molecular formula is C47H45BN2OS. The highest BCUT2D eigenvalue weighted by atomic mass is 32.1. The van der Waals surface area contributed by atoms with E-state index in [-0.39, 0.29) is 23.1 Å². The first-order chi connectivity index (χ1) is 25.0. The number of anilines is 5. The van der Waals surface area contributed by atoms with Gasteiger partial charge < -0.3 is 14.2 Å². The van der Waals surface area contributed by atoms with E-state index < -0.39 is 0 Å². The first-order valence-corrected chi connectivity index (χ1v) is 20.2. The molecule has 258 valence electrons. The van der Waals surface area contributed by atoms with Crippen LogP contribution in [0.1, 0.15) is 96.8 Å². The fourth-order valence-electron chi connectivity index (χ4n) is 10.7. The normalized spacial score (nSPS) is 21.7. The minimum Gasteiger partial charge on any atom is -0.454 e. The third kappa shape index (κ3) is 3.73. The number of fused-ring (bicyclic) bond motifs is 12. The Hall–Kier alpha value is -4.48. The average Bonchev–Trinajstić information content (AvgIpc) is 3.76. The van der Waals surface area contributed by atoms with Crippen LogP contribution in [0.4, 0.5) is 28.4 Å². The largest absolute Gasteiger partial charge is 0.454 e. The number of nitrogens with zero attached hydrogens (tertiary/aromatic N) is 2. The van der Waals surface area contributed by atoms with Crippen LogP contribution in [-0.2, 0) is 10.8 Å². The molecule has 7 aromatic rings. The first kappa shape index (κ1) is 31.1. The van der Waals surface area contributed by atoms with Crippen molar-refractivity contribution in [3.63, 3.8) is 0 Å². The summed E-state index contributed by atoms with van der Waals surface area (Å²) in [7, 11) is 0. The molecule has 1 fully saturated rings. The Morgan fingerprint density at radius 2 is 1.52 bits per heavy atom. The monoisotopic (exact) mass is 696 g/mol. The fourth-order valence-corrected chi connectivity index (χ4v) is 12.0. The Labute approximate surface area is 311 Å². The Kier molecular flexibility index (Phi) is 6.06. The zero-order valence-corrected chi connectivity index (χ0v) is 32.2. The van der Waals surface area contributed by atoms with E-state index in [4.69, 9.17) is 4.42 Å². The zero-order chi connectivity index (χ0) is 35.5. The van der Waals surface area contributed by atoms with Crippen LogP contribution in [0.5, 0.6) is 0 Å².